The van der Waals surface area contributed by atoms with E-state index in [1.54, 1.807) is 0 Å². The van der Waals surface area contributed by atoms with Crippen LogP contribution in [0, 0.1) is 5.92 Å². The third-order valence-electron chi connectivity index (χ3n) is 2.26. The van der Waals surface area contributed by atoms with Gasteiger partial charge in [0, 0.05) is 19.1 Å². The van der Waals surface area contributed by atoms with Crippen molar-refractivity contribution < 1.29 is 19.7 Å². The fourth-order valence-electron chi connectivity index (χ4n) is 1.26. The number of hydrogen-bond donors (Lipinski definition) is 2. The normalized spacial score (nSPS) is 15.3. The highest BCUT2D eigenvalue weighted by Gasteiger charge is 2.24. The number of aliphatic hydroxyl groups excluding tert-OH is 2. The van der Waals surface area contributed by atoms with Crippen LogP contribution < -0.4 is 0 Å². The molecule has 2 N–H and O–H groups in total. The van der Waals surface area contributed by atoms with Crippen LogP contribution >= 0.6 is 0 Å². The van der Waals surface area contributed by atoms with Crippen LogP contribution in [0.15, 0.2) is 12.2 Å². The molecule has 0 aromatic heterocycles. The highest BCUT2D eigenvalue weighted by Crippen LogP contribution is 2.20. The van der Waals surface area contributed by atoms with Crippen molar-refractivity contribution in [2.75, 3.05) is 19.8 Å². The molecule has 0 bridgehead atoms. The van der Waals surface area contributed by atoms with E-state index >= 15 is 0 Å². The van der Waals surface area contributed by atoms with Gasteiger partial charge < -0.3 is 19.7 Å². The molecule has 0 aliphatic rings. The topological polar surface area (TPSA) is 58.9 Å². The molecule has 0 unspecified atom stereocenters. The Kier molecular flexibility index (Phi) is 7.60. The SMILES string of the molecule is C=C([C@H](O)CO)[C@H](C)C(OCC)OCC. The summed E-state index contributed by atoms with van der Waals surface area (Å²) in [4.78, 5) is 0. The van der Waals surface area contributed by atoms with Crippen molar-refractivity contribution >= 4 is 0 Å². The van der Waals surface area contributed by atoms with Crippen LogP contribution in [0.3, 0.4) is 0 Å². The minimum Gasteiger partial charge on any atom is -0.393 e. The van der Waals surface area contributed by atoms with E-state index in [1.165, 1.54) is 0 Å². The Balaban J connectivity index is 4.33. The van der Waals surface area contributed by atoms with Crippen LogP contribution in [0.2, 0.25) is 0 Å². The second-order valence-electron chi connectivity index (χ2n) is 3.34. The summed E-state index contributed by atoms with van der Waals surface area (Å²) in [5.74, 6) is -0.146. The maximum Gasteiger partial charge on any atom is 0.163 e. The van der Waals surface area contributed by atoms with E-state index in [-0.39, 0.29) is 12.5 Å². The molecule has 0 amide bonds. The summed E-state index contributed by atoms with van der Waals surface area (Å²) >= 11 is 0. The standard InChI is InChI=1S/C11H22O4/c1-5-14-11(15-6-2)9(4)8(3)10(13)7-12/h9-13H,3,5-7H2,1-2,4H3/t9-,10+/m0/s1. The van der Waals surface area contributed by atoms with Crippen molar-refractivity contribution in [3.63, 3.8) is 0 Å². The molecule has 0 aromatic rings. The molecule has 0 spiro atoms. The zero-order valence-corrected chi connectivity index (χ0v) is 9.77. The molecule has 0 fully saturated rings. The quantitative estimate of drug-likeness (QED) is 0.470. The maximum absolute atomic E-state index is 9.42. The lowest BCUT2D eigenvalue weighted by Gasteiger charge is -2.27. The fraction of sp³-hybridized carbons (Fsp3) is 0.818. The van der Waals surface area contributed by atoms with Gasteiger partial charge in [0.25, 0.3) is 0 Å². The van der Waals surface area contributed by atoms with E-state index in [0.29, 0.717) is 18.8 Å². The average Bonchev–Trinajstić information content (AvgIpc) is 2.25. The Morgan fingerprint density at radius 1 is 1.27 bits per heavy atom. The monoisotopic (exact) mass is 218 g/mol. The van der Waals surface area contributed by atoms with Crippen LogP contribution in [-0.2, 0) is 9.47 Å². The van der Waals surface area contributed by atoms with E-state index in [9.17, 15) is 5.11 Å². The van der Waals surface area contributed by atoms with Crippen LogP contribution in [0.5, 0.6) is 0 Å². The average molecular weight is 218 g/mol. The van der Waals surface area contributed by atoms with Gasteiger partial charge in [-0.3, -0.25) is 0 Å². The maximum atomic E-state index is 9.42. The Morgan fingerprint density at radius 3 is 2.07 bits per heavy atom. The van der Waals surface area contributed by atoms with Crippen molar-refractivity contribution in [2.45, 2.75) is 33.2 Å². The lowest BCUT2D eigenvalue weighted by Crippen LogP contribution is -2.31. The summed E-state index contributed by atoms with van der Waals surface area (Å²) in [7, 11) is 0. The lowest BCUT2D eigenvalue weighted by molar-refractivity contribution is -0.158. The first-order valence-electron chi connectivity index (χ1n) is 5.29. The molecule has 0 aliphatic heterocycles. The van der Waals surface area contributed by atoms with Crippen LogP contribution in [0.25, 0.3) is 0 Å². The molecular weight excluding hydrogens is 196 g/mol. The minimum absolute atomic E-state index is 0.146. The highest BCUT2D eigenvalue weighted by molar-refractivity contribution is 5.06. The molecule has 0 heterocycles. The third kappa shape index (κ3) is 4.75. The summed E-state index contributed by atoms with van der Waals surface area (Å²) in [6.45, 7) is 10.1. The molecule has 90 valence electrons. The number of rotatable bonds is 8. The summed E-state index contributed by atoms with van der Waals surface area (Å²) in [5, 5.41) is 18.2. The predicted octanol–water partition coefficient (Wildman–Crippen LogP) is 0.931. The first-order valence-corrected chi connectivity index (χ1v) is 5.29. The molecule has 0 aliphatic carbocycles. The molecule has 4 heteroatoms. The van der Waals surface area contributed by atoms with Gasteiger partial charge in [-0.2, -0.15) is 0 Å². The largest absolute Gasteiger partial charge is 0.393 e. The van der Waals surface area contributed by atoms with E-state index < -0.39 is 12.4 Å². The van der Waals surface area contributed by atoms with Crippen molar-refractivity contribution in [1.29, 1.82) is 0 Å². The molecule has 0 aromatic carbocycles. The first-order chi connectivity index (χ1) is 7.08. The number of aliphatic hydroxyl groups is 2. The number of hydrogen-bond acceptors (Lipinski definition) is 4. The fourth-order valence-corrected chi connectivity index (χ4v) is 1.26. The van der Waals surface area contributed by atoms with E-state index in [2.05, 4.69) is 6.58 Å². The first kappa shape index (κ1) is 14.6. The summed E-state index contributed by atoms with van der Waals surface area (Å²) < 4.78 is 10.8. The molecule has 0 rings (SSSR count). The molecule has 0 radical (unpaired) electrons. The van der Waals surface area contributed by atoms with Crippen LogP contribution in [0.4, 0.5) is 0 Å². The van der Waals surface area contributed by atoms with Gasteiger partial charge >= 0.3 is 0 Å². The second-order valence-corrected chi connectivity index (χ2v) is 3.34. The Bertz CT molecular complexity index is 175. The summed E-state index contributed by atoms with van der Waals surface area (Å²) in [5.41, 5.74) is 0.532. The zero-order chi connectivity index (χ0) is 11.8. The smallest absolute Gasteiger partial charge is 0.163 e. The van der Waals surface area contributed by atoms with Gasteiger partial charge in [-0.05, 0) is 19.4 Å². The lowest BCUT2D eigenvalue weighted by atomic mass is 9.97. The molecule has 0 saturated carbocycles. The van der Waals surface area contributed by atoms with Gasteiger partial charge in [-0.15, -0.1) is 0 Å². The van der Waals surface area contributed by atoms with Crippen LogP contribution in [-0.4, -0.2) is 42.4 Å². The van der Waals surface area contributed by atoms with E-state index in [1.807, 2.05) is 20.8 Å². The van der Waals surface area contributed by atoms with E-state index in [4.69, 9.17) is 14.6 Å². The molecule has 4 nitrogen and oxygen atoms in total. The third-order valence-corrected chi connectivity index (χ3v) is 2.26. The molecule has 2 atom stereocenters. The van der Waals surface area contributed by atoms with Gasteiger partial charge in [-0.25, -0.2) is 0 Å². The van der Waals surface area contributed by atoms with Gasteiger partial charge in [0.05, 0.1) is 12.7 Å². The van der Waals surface area contributed by atoms with Crippen LogP contribution in [0.1, 0.15) is 20.8 Å². The summed E-state index contributed by atoms with van der Waals surface area (Å²) in [6.07, 6.45) is -1.32. The molecule has 0 saturated heterocycles. The van der Waals surface area contributed by atoms with Gasteiger partial charge in [0.1, 0.15) is 0 Å². The number of ether oxygens (including phenoxy) is 2. The Hall–Kier alpha value is -0.420. The second kappa shape index (κ2) is 7.82. The van der Waals surface area contributed by atoms with Gasteiger partial charge in [0.2, 0.25) is 0 Å². The van der Waals surface area contributed by atoms with E-state index in [0.717, 1.165) is 0 Å². The molecule has 15 heavy (non-hydrogen) atoms. The highest BCUT2D eigenvalue weighted by atomic mass is 16.7. The van der Waals surface area contributed by atoms with Gasteiger partial charge in [0.15, 0.2) is 6.29 Å². The predicted molar refractivity (Wildman–Crippen MR) is 58.4 cm³/mol. The van der Waals surface area contributed by atoms with Crippen molar-refractivity contribution in [1.82, 2.24) is 0 Å². The Morgan fingerprint density at radius 2 is 1.73 bits per heavy atom. The zero-order valence-electron chi connectivity index (χ0n) is 9.77. The van der Waals surface area contributed by atoms with Gasteiger partial charge in [-0.1, -0.05) is 13.5 Å². The minimum atomic E-state index is -0.914. The van der Waals surface area contributed by atoms with Crippen molar-refractivity contribution in [3.05, 3.63) is 12.2 Å². The van der Waals surface area contributed by atoms with Crippen molar-refractivity contribution in [2.24, 2.45) is 5.92 Å². The molecular formula is C11H22O4. The van der Waals surface area contributed by atoms with Crippen molar-refractivity contribution in [3.8, 4) is 0 Å². The Labute approximate surface area is 91.5 Å². The summed E-state index contributed by atoms with van der Waals surface area (Å²) in [6, 6.07) is 0.